The van der Waals surface area contributed by atoms with E-state index in [1.54, 1.807) is 0 Å². The van der Waals surface area contributed by atoms with Crippen molar-refractivity contribution in [1.29, 1.82) is 0 Å². The van der Waals surface area contributed by atoms with E-state index in [0.717, 1.165) is 16.8 Å². The van der Waals surface area contributed by atoms with Crippen LogP contribution in [0.4, 0.5) is 5.69 Å². The Bertz CT molecular complexity index is 654. The van der Waals surface area contributed by atoms with Crippen molar-refractivity contribution in [2.24, 2.45) is 0 Å². The van der Waals surface area contributed by atoms with E-state index in [1.807, 2.05) is 44.2 Å². The van der Waals surface area contributed by atoms with Crippen molar-refractivity contribution in [1.82, 2.24) is 0 Å². The lowest BCUT2D eigenvalue weighted by atomic mass is 9.78. The fraction of sp³-hybridized carbons (Fsp3) is 0.316. The number of ketones is 1. The molecule has 2 heteroatoms. The van der Waals surface area contributed by atoms with Gasteiger partial charge in [-0.25, -0.2) is 0 Å². The summed E-state index contributed by atoms with van der Waals surface area (Å²) in [6.45, 7) is 8.11. The quantitative estimate of drug-likeness (QED) is 0.862. The number of hydrogen-bond donors (Lipinski definition) is 1. The Balaban J connectivity index is 2.21. The number of rotatable bonds is 4. The van der Waals surface area contributed by atoms with E-state index >= 15 is 0 Å². The van der Waals surface area contributed by atoms with Crippen molar-refractivity contribution >= 4 is 11.5 Å². The van der Waals surface area contributed by atoms with Crippen LogP contribution >= 0.6 is 0 Å². The van der Waals surface area contributed by atoms with E-state index in [0.29, 0.717) is 6.42 Å². The van der Waals surface area contributed by atoms with Crippen LogP contribution in [-0.2, 0) is 16.6 Å². The lowest BCUT2D eigenvalue weighted by molar-refractivity contribution is -0.122. The lowest BCUT2D eigenvalue weighted by Gasteiger charge is -2.24. The second kappa shape index (κ2) is 5.72. The molecule has 0 bridgehead atoms. The third-order valence-electron chi connectivity index (χ3n) is 4.27. The maximum atomic E-state index is 12.7. The summed E-state index contributed by atoms with van der Waals surface area (Å²) in [4.78, 5) is 12.7. The standard InChI is InChI=1S/C19H23NO/c1-13-5-6-15(11-14(13)2)12-18(21)19(3,4)16-7-9-17(20)10-8-16/h5-11H,12,20H2,1-4H3. The molecule has 0 aliphatic rings. The highest BCUT2D eigenvalue weighted by Gasteiger charge is 2.29. The molecule has 0 saturated heterocycles. The molecule has 0 fully saturated rings. The van der Waals surface area contributed by atoms with Crippen molar-refractivity contribution < 1.29 is 4.79 Å². The Labute approximate surface area is 127 Å². The summed E-state index contributed by atoms with van der Waals surface area (Å²) in [5.74, 6) is 0.218. The molecule has 2 N–H and O–H groups in total. The van der Waals surface area contributed by atoms with E-state index in [9.17, 15) is 4.79 Å². The second-order valence-electron chi connectivity index (χ2n) is 6.27. The molecule has 2 aromatic carbocycles. The van der Waals surface area contributed by atoms with Gasteiger partial charge in [0.2, 0.25) is 0 Å². The lowest BCUT2D eigenvalue weighted by Crippen LogP contribution is -2.30. The van der Waals surface area contributed by atoms with E-state index in [1.165, 1.54) is 11.1 Å². The maximum absolute atomic E-state index is 12.7. The van der Waals surface area contributed by atoms with Crippen LogP contribution in [0.5, 0.6) is 0 Å². The number of aryl methyl sites for hydroxylation is 2. The topological polar surface area (TPSA) is 43.1 Å². The average molecular weight is 281 g/mol. The third kappa shape index (κ3) is 3.33. The number of nitrogen functional groups attached to an aromatic ring is 1. The predicted molar refractivity (Wildman–Crippen MR) is 88.5 cm³/mol. The summed E-state index contributed by atoms with van der Waals surface area (Å²) in [5.41, 5.74) is 10.5. The molecule has 21 heavy (non-hydrogen) atoms. The average Bonchev–Trinajstić information content (AvgIpc) is 2.43. The Kier molecular flexibility index (Phi) is 4.17. The van der Waals surface area contributed by atoms with E-state index in [4.69, 9.17) is 5.73 Å². The second-order valence-corrected chi connectivity index (χ2v) is 6.27. The number of nitrogens with two attached hydrogens (primary N) is 1. The Morgan fingerprint density at radius 1 is 1.00 bits per heavy atom. The molecule has 0 saturated carbocycles. The van der Waals surface area contributed by atoms with Crippen LogP contribution in [0.15, 0.2) is 42.5 Å². The van der Waals surface area contributed by atoms with Gasteiger partial charge in [-0.05, 0) is 62.1 Å². The van der Waals surface area contributed by atoms with Crippen molar-refractivity contribution in [3.8, 4) is 0 Å². The molecular formula is C19H23NO. The van der Waals surface area contributed by atoms with Crippen LogP contribution in [0.1, 0.15) is 36.1 Å². The maximum Gasteiger partial charge on any atom is 0.147 e. The smallest absolute Gasteiger partial charge is 0.147 e. The van der Waals surface area contributed by atoms with Gasteiger partial charge >= 0.3 is 0 Å². The highest BCUT2D eigenvalue weighted by molar-refractivity contribution is 5.91. The largest absolute Gasteiger partial charge is 0.399 e. The zero-order chi connectivity index (χ0) is 15.6. The fourth-order valence-electron chi connectivity index (χ4n) is 2.38. The van der Waals surface area contributed by atoms with Crippen LogP contribution < -0.4 is 5.73 Å². The summed E-state index contributed by atoms with van der Waals surface area (Å²) in [6, 6.07) is 13.8. The molecule has 0 aliphatic heterocycles. The predicted octanol–water partition coefficient (Wildman–Crippen LogP) is 3.98. The van der Waals surface area contributed by atoms with Gasteiger partial charge in [0.1, 0.15) is 5.78 Å². The Hall–Kier alpha value is -2.09. The molecule has 0 aromatic heterocycles. The molecule has 0 aliphatic carbocycles. The molecule has 0 unspecified atom stereocenters. The fourth-order valence-corrected chi connectivity index (χ4v) is 2.38. The first-order valence-electron chi connectivity index (χ1n) is 7.26. The molecule has 2 rings (SSSR count). The van der Waals surface area contributed by atoms with Gasteiger partial charge in [-0.1, -0.05) is 30.3 Å². The van der Waals surface area contributed by atoms with Gasteiger partial charge in [0.15, 0.2) is 0 Å². The normalized spacial score (nSPS) is 11.4. The van der Waals surface area contributed by atoms with Crippen LogP contribution in [0.3, 0.4) is 0 Å². The molecule has 2 aromatic rings. The van der Waals surface area contributed by atoms with Gasteiger partial charge in [0.25, 0.3) is 0 Å². The minimum atomic E-state index is -0.507. The number of Topliss-reactive ketones (excluding diaryl/α,β-unsaturated/α-hetero) is 1. The molecule has 2 nitrogen and oxygen atoms in total. The molecule has 0 radical (unpaired) electrons. The van der Waals surface area contributed by atoms with Gasteiger partial charge < -0.3 is 5.73 Å². The summed E-state index contributed by atoms with van der Waals surface area (Å²) in [7, 11) is 0. The number of carbonyl (C=O) groups excluding carboxylic acids is 1. The van der Waals surface area contributed by atoms with Gasteiger partial charge in [-0.2, -0.15) is 0 Å². The first-order chi connectivity index (χ1) is 9.80. The van der Waals surface area contributed by atoms with Gasteiger partial charge in [-0.3, -0.25) is 4.79 Å². The van der Waals surface area contributed by atoms with E-state index < -0.39 is 5.41 Å². The molecule has 110 valence electrons. The van der Waals surface area contributed by atoms with Crippen molar-refractivity contribution in [2.75, 3.05) is 5.73 Å². The number of hydrogen-bond acceptors (Lipinski definition) is 2. The molecule has 0 amide bonds. The Morgan fingerprint density at radius 3 is 2.19 bits per heavy atom. The molecular weight excluding hydrogens is 258 g/mol. The van der Waals surface area contributed by atoms with Crippen LogP contribution in [0.2, 0.25) is 0 Å². The van der Waals surface area contributed by atoms with Crippen LogP contribution in [0.25, 0.3) is 0 Å². The van der Waals surface area contributed by atoms with E-state index in [2.05, 4.69) is 26.0 Å². The minimum Gasteiger partial charge on any atom is -0.399 e. The van der Waals surface area contributed by atoms with Gasteiger partial charge in [-0.15, -0.1) is 0 Å². The first-order valence-corrected chi connectivity index (χ1v) is 7.26. The zero-order valence-corrected chi connectivity index (χ0v) is 13.2. The van der Waals surface area contributed by atoms with Gasteiger partial charge in [0, 0.05) is 17.5 Å². The van der Waals surface area contributed by atoms with Gasteiger partial charge in [0.05, 0.1) is 0 Å². The molecule has 0 heterocycles. The first kappa shape index (κ1) is 15.3. The number of anilines is 1. The van der Waals surface area contributed by atoms with Crippen molar-refractivity contribution in [2.45, 2.75) is 39.5 Å². The Morgan fingerprint density at radius 2 is 1.62 bits per heavy atom. The highest BCUT2D eigenvalue weighted by atomic mass is 16.1. The van der Waals surface area contributed by atoms with E-state index in [-0.39, 0.29) is 5.78 Å². The molecule has 0 spiro atoms. The summed E-state index contributed by atoms with van der Waals surface area (Å²) < 4.78 is 0. The highest BCUT2D eigenvalue weighted by Crippen LogP contribution is 2.27. The monoisotopic (exact) mass is 281 g/mol. The van der Waals surface area contributed by atoms with Crippen LogP contribution in [-0.4, -0.2) is 5.78 Å². The SMILES string of the molecule is Cc1ccc(CC(=O)C(C)(C)c2ccc(N)cc2)cc1C. The van der Waals surface area contributed by atoms with Crippen molar-refractivity contribution in [3.05, 3.63) is 64.7 Å². The molecule has 0 atom stereocenters. The number of benzene rings is 2. The van der Waals surface area contributed by atoms with Crippen molar-refractivity contribution in [3.63, 3.8) is 0 Å². The summed E-state index contributed by atoms with van der Waals surface area (Å²) >= 11 is 0. The summed E-state index contributed by atoms with van der Waals surface area (Å²) in [5, 5.41) is 0. The third-order valence-corrected chi connectivity index (χ3v) is 4.27. The minimum absolute atomic E-state index is 0.218. The zero-order valence-electron chi connectivity index (χ0n) is 13.2. The number of carbonyl (C=O) groups is 1. The van der Waals surface area contributed by atoms with Crippen LogP contribution in [0, 0.1) is 13.8 Å². The summed E-state index contributed by atoms with van der Waals surface area (Å²) in [6.07, 6.45) is 0.457.